The number of amides is 1. The highest BCUT2D eigenvalue weighted by Gasteiger charge is 2.15. The second-order valence-electron chi connectivity index (χ2n) is 5.27. The van der Waals surface area contributed by atoms with Crippen LogP contribution in [-0.4, -0.2) is 32.3 Å². The van der Waals surface area contributed by atoms with Crippen molar-refractivity contribution >= 4 is 11.6 Å². The van der Waals surface area contributed by atoms with Crippen LogP contribution in [0.25, 0.3) is 0 Å². The highest BCUT2D eigenvalue weighted by Crippen LogP contribution is 2.21. The number of benzene rings is 2. The molecular weight excluding hydrogens is 311 g/mol. The topological polar surface area (TPSA) is 73.6 Å². The van der Waals surface area contributed by atoms with E-state index in [4.69, 9.17) is 15.2 Å². The van der Waals surface area contributed by atoms with Crippen LogP contribution in [0.1, 0.15) is 5.56 Å². The zero-order chi connectivity index (χ0) is 17.4. The van der Waals surface area contributed by atoms with Gasteiger partial charge in [0.1, 0.15) is 6.61 Å². The second kappa shape index (κ2) is 9.00. The summed E-state index contributed by atoms with van der Waals surface area (Å²) < 4.78 is 24.0. The van der Waals surface area contributed by atoms with Crippen LogP contribution in [0.2, 0.25) is 0 Å². The van der Waals surface area contributed by atoms with E-state index in [0.29, 0.717) is 18.7 Å². The highest BCUT2D eigenvalue weighted by molar-refractivity contribution is 5.94. The molecule has 128 valence electrons. The summed E-state index contributed by atoms with van der Waals surface area (Å²) in [7, 11) is 1.54. The molecule has 1 amide bonds. The fraction of sp³-hybridized carbons (Fsp3) is 0.278. The highest BCUT2D eigenvalue weighted by atomic mass is 19.1. The van der Waals surface area contributed by atoms with Crippen molar-refractivity contribution in [3.05, 3.63) is 59.9 Å². The van der Waals surface area contributed by atoms with Crippen molar-refractivity contribution in [2.45, 2.75) is 12.5 Å². The van der Waals surface area contributed by atoms with Gasteiger partial charge in [0.05, 0.1) is 12.6 Å². The Morgan fingerprint density at radius 1 is 1.21 bits per heavy atom. The summed E-state index contributed by atoms with van der Waals surface area (Å²) in [6, 6.07) is 13.0. The van der Waals surface area contributed by atoms with E-state index in [1.54, 1.807) is 6.07 Å². The molecule has 0 bridgehead atoms. The summed E-state index contributed by atoms with van der Waals surface area (Å²) in [5.74, 6) is -0.814. The molecule has 0 aliphatic heterocycles. The minimum atomic E-state index is -0.715. The van der Waals surface area contributed by atoms with Crippen LogP contribution >= 0.6 is 0 Å². The van der Waals surface area contributed by atoms with Gasteiger partial charge in [0.15, 0.2) is 11.6 Å². The van der Waals surface area contributed by atoms with E-state index >= 15 is 0 Å². The average molecular weight is 332 g/mol. The maximum atomic E-state index is 13.9. The van der Waals surface area contributed by atoms with Crippen molar-refractivity contribution in [3.8, 4) is 5.75 Å². The van der Waals surface area contributed by atoms with Crippen LogP contribution in [0.4, 0.5) is 10.1 Å². The van der Waals surface area contributed by atoms with E-state index in [0.717, 1.165) is 5.56 Å². The van der Waals surface area contributed by atoms with Gasteiger partial charge in [-0.2, -0.15) is 0 Å². The molecular formula is C18H21FN2O3. The van der Waals surface area contributed by atoms with E-state index in [9.17, 15) is 9.18 Å². The molecule has 2 aromatic rings. The molecule has 6 heteroatoms. The molecule has 0 aliphatic carbocycles. The first kappa shape index (κ1) is 17.9. The van der Waals surface area contributed by atoms with E-state index in [2.05, 4.69) is 5.32 Å². The molecule has 2 aromatic carbocycles. The average Bonchev–Trinajstić information content (AvgIpc) is 2.58. The quantitative estimate of drug-likeness (QED) is 0.728. The fourth-order valence-electron chi connectivity index (χ4n) is 2.13. The summed E-state index contributed by atoms with van der Waals surface area (Å²) in [6.07, 6.45) is 0.410. The monoisotopic (exact) mass is 332 g/mol. The molecule has 0 aromatic heterocycles. The lowest BCUT2D eigenvalue weighted by molar-refractivity contribution is -0.117. The Morgan fingerprint density at radius 3 is 2.62 bits per heavy atom. The minimum Gasteiger partial charge on any atom is -0.488 e. The smallest absolute Gasteiger partial charge is 0.241 e. The number of rotatable bonds is 8. The van der Waals surface area contributed by atoms with Crippen molar-refractivity contribution < 1.29 is 18.7 Å². The number of nitrogens with one attached hydrogen (secondary N) is 1. The maximum Gasteiger partial charge on any atom is 0.241 e. The predicted octanol–water partition coefficient (Wildman–Crippen LogP) is 2.36. The molecule has 0 radical (unpaired) electrons. The first-order chi connectivity index (χ1) is 11.6. The van der Waals surface area contributed by atoms with Gasteiger partial charge >= 0.3 is 0 Å². The lowest BCUT2D eigenvalue weighted by atomic mass is 10.1. The van der Waals surface area contributed by atoms with Crippen LogP contribution in [0, 0.1) is 5.82 Å². The Hall–Kier alpha value is -2.44. The van der Waals surface area contributed by atoms with Crippen molar-refractivity contribution in [1.29, 1.82) is 0 Å². The van der Waals surface area contributed by atoms with Crippen molar-refractivity contribution in [2.75, 3.05) is 25.6 Å². The van der Waals surface area contributed by atoms with Gasteiger partial charge in [-0.05, 0) is 24.1 Å². The van der Waals surface area contributed by atoms with E-state index < -0.39 is 11.9 Å². The fourth-order valence-corrected chi connectivity index (χ4v) is 2.13. The van der Waals surface area contributed by atoms with Gasteiger partial charge in [-0.3, -0.25) is 4.79 Å². The second-order valence-corrected chi connectivity index (χ2v) is 5.27. The SMILES string of the molecule is COCCOc1ccc(NC(=O)[C@@H](N)Cc2ccccc2)cc1F. The molecule has 2 rings (SSSR count). The molecule has 0 heterocycles. The first-order valence-electron chi connectivity index (χ1n) is 7.62. The van der Waals surface area contributed by atoms with Crippen molar-refractivity contribution in [2.24, 2.45) is 5.73 Å². The Morgan fingerprint density at radius 2 is 1.96 bits per heavy atom. The third kappa shape index (κ3) is 5.33. The van der Waals surface area contributed by atoms with E-state index in [-0.39, 0.29) is 18.3 Å². The lowest BCUT2D eigenvalue weighted by Gasteiger charge is -2.13. The standard InChI is InChI=1S/C18H21FN2O3/c1-23-9-10-24-17-8-7-14(12-15(17)19)21-18(22)16(20)11-13-5-3-2-4-6-13/h2-8,12,16H,9-11,20H2,1H3,(H,21,22)/t16-/m0/s1. The number of carbonyl (C=O) groups excluding carboxylic acids is 1. The Bertz CT molecular complexity index is 665. The summed E-state index contributed by atoms with van der Waals surface area (Å²) >= 11 is 0. The molecule has 0 aliphatic rings. The van der Waals surface area contributed by atoms with Crippen LogP contribution in [0.5, 0.6) is 5.75 Å². The number of halogens is 1. The largest absolute Gasteiger partial charge is 0.488 e. The number of ether oxygens (including phenoxy) is 2. The number of hydrogen-bond acceptors (Lipinski definition) is 4. The maximum absolute atomic E-state index is 13.9. The summed E-state index contributed by atoms with van der Waals surface area (Å²) in [5.41, 5.74) is 7.20. The minimum absolute atomic E-state index is 0.110. The molecule has 0 saturated heterocycles. The van der Waals surface area contributed by atoms with Gasteiger partial charge in [0.25, 0.3) is 0 Å². The Balaban J connectivity index is 1.92. The number of methoxy groups -OCH3 is 1. The third-order valence-corrected chi connectivity index (χ3v) is 3.38. The van der Waals surface area contributed by atoms with Crippen LogP contribution in [0.3, 0.4) is 0 Å². The number of nitrogens with two attached hydrogens (primary N) is 1. The van der Waals surface area contributed by atoms with Crippen molar-refractivity contribution in [1.82, 2.24) is 0 Å². The number of carbonyl (C=O) groups is 1. The molecule has 3 N–H and O–H groups in total. The zero-order valence-corrected chi connectivity index (χ0v) is 13.5. The zero-order valence-electron chi connectivity index (χ0n) is 13.5. The van der Waals surface area contributed by atoms with Gasteiger partial charge in [0.2, 0.25) is 5.91 Å². The van der Waals surface area contributed by atoms with Gasteiger partial charge < -0.3 is 20.5 Å². The summed E-state index contributed by atoms with van der Waals surface area (Å²) in [6.45, 7) is 0.618. The Kier molecular flexibility index (Phi) is 6.72. The number of hydrogen-bond donors (Lipinski definition) is 2. The molecule has 0 saturated carbocycles. The van der Waals surface area contributed by atoms with Gasteiger partial charge in [-0.1, -0.05) is 30.3 Å². The normalized spacial score (nSPS) is 11.8. The van der Waals surface area contributed by atoms with Gasteiger partial charge in [0, 0.05) is 18.9 Å². The summed E-state index contributed by atoms with van der Waals surface area (Å²) in [4.78, 5) is 12.1. The molecule has 0 fully saturated rings. The number of anilines is 1. The van der Waals surface area contributed by atoms with Gasteiger partial charge in [-0.25, -0.2) is 4.39 Å². The van der Waals surface area contributed by atoms with E-state index in [1.165, 1.54) is 19.2 Å². The van der Waals surface area contributed by atoms with Crippen LogP contribution < -0.4 is 15.8 Å². The third-order valence-electron chi connectivity index (χ3n) is 3.38. The van der Waals surface area contributed by atoms with Crippen LogP contribution in [-0.2, 0) is 16.0 Å². The van der Waals surface area contributed by atoms with Crippen LogP contribution in [0.15, 0.2) is 48.5 Å². The van der Waals surface area contributed by atoms with Crippen molar-refractivity contribution in [3.63, 3.8) is 0 Å². The molecule has 5 nitrogen and oxygen atoms in total. The first-order valence-corrected chi connectivity index (χ1v) is 7.62. The van der Waals surface area contributed by atoms with E-state index in [1.807, 2.05) is 30.3 Å². The molecule has 0 unspecified atom stereocenters. The summed E-state index contributed by atoms with van der Waals surface area (Å²) in [5, 5.41) is 2.61. The predicted molar refractivity (Wildman–Crippen MR) is 90.5 cm³/mol. The molecule has 24 heavy (non-hydrogen) atoms. The Labute approximate surface area is 140 Å². The van der Waals surface area contributed by atoms with Gasteiger partial charge in [-0.15, -0.1) is 0 Å². The molecule has 0 spiro atoms. The molecule has 1 atom stereocenters. The lowest BCUT2D eigenvalue weighted by Crippen LogP contribution is -2.37.